The summed E-state index contributed by atoms with van der Waals surface area (Å²) in [5, 5.41) is 3.50. The molecule has 0 radical (unpaired) electrons. The Balaban J connectivity index is 2.23. The number of carbonyl (C=O) groups is 2. The molecule has 150 valence electrons. The zero-order chi connectivity index (χ0) is 20.7. The van der Waals surface area contributed by atoms with Gasteiger partial charge in [0.15, 0.2) is 0 Å². The summed E-state index contributed by atoms with van der Waals surface area (Å²) in [4.78, 5) is 27.3. The molecule has 1 atom stereocenters. The minimum Gasteiger partial charge on any atom is -0.354 e. The molecule has 0 spiro atoms. The maximum atomic E-state index is 13.1. The highest BCUT2D eigenvalue weighted by atomic mass is 35.5. The van der Waals surface area contributed by atoms with E-state index in [0.717, 1.165) is 23.1 Å². The Labute approximate surface area is 172 Å². The fourth-order valence-electron chi connectivity index (χ4n) is 3.00. The van der Waals surface area contributed by atoms with Crippen LogP contribution < -0.4 is 5.32 Å². The van der Waals surface area contributed by atoms with Crippen molar-refractivity contribution in [1.29, 1.82) is 0 Å². The van der Waals surface area contributed by atoms with Crippen molar-refractivity contribution in [2.75, 3.05) is 6.54 Å². The number of nitrogens with one attached hydrogen (secondary N) is 1. The number of rotatable bonds is 8. The smallest absolute Gasteiger partial charge is 0.242 e. The van der Waals surface area contributed by atoms with E-state index in [1.54, 1.807) is 17.9 Å². The molecule has 0 fully saturated rings. The van der Waals surface area contributed by atoms with Crippen LogP contribution in [0.3, 0.4) is 0 Å². The van der Waals surface area contributed by atoms with Gasteiger partial charge in [0.2, 0.25) is 11.8 Å². The summed E-state index contributed by atoms with van der Waals surface area (Å²) >= 11 is 6.10. The number of hydrogen-bond donors (Lipinski definition) is 1. The lowest BCUT2D eigenvalue weighted by atomic mass is 10.0. The number of carbonyl (C=O) groups excluding carboxylic acids is 2. The highest BCUT2D eigenvalue weighted by Crippen LogP contribution is 2.17. The third-order valence-corrected chi connectivity index (χ3v) is 5.12. The molecule has 2 aromatic carbocycles. The predicted molar refractivity (Wildman–Crippen MR) is 114 cm³/mol. The molecule has 2 amide bonds. The van der Waals surface area contributed by atoms with Crippen molar-refractivity contribution in [2.45, 2.75) is 53.1 Å². The van der Waals surface area contributed by atoms with Gasteiger partial charge in [-0.1, -0.05) is 48.9 Å². The van der Waals surface area contributed by atoms with E-state index in [4.69, 9.17) is 11.6 Å². The number of aryl methyl sites for hydroxylation is 2. The highest BCUT2D eigenvalue weighted by molar-refractivity contribution is 6.30. The van der Waals surface area contributed by atoms with Gasteiger partial charge in [0.25, 0.3) is 0 Å². The Kier molecular flexibility index (Phi) is 8.06. The molecule has 0 saturated carbocycles. The number of amides is 2. The summed E-state index contributed by atoms with van der Waals surface area (Å²) in [6.45, 7) is 8.79. The van der Waals surface area contributed by atoms with Crippen LogP contribution in [-0.2, 0) is 22.6 Å². The highest BCUT2D eigenvalue weighted by Gasteiger charge is 2.26. The molecule has 4 nitrogen and oxygen atoms in total. The average Bonchev–Trinajstić information content (AvgIpc) is 2.66. The van der Waals surface area contributed by atoms with Crippen LogP contribution in [0.25, 0.3) is 0 Å². The molecule has 0 aliphatic rings. The fourth-order valence-corrected chi connectivity index (χ4v) is 3.21. The fraction of sp³-hybridized carbons (Fsp3) is 0.391. The Morgan fingerprint density at radius 3 is 2.46 bits per heavy atom. The second-order valence-electron chi connectivity index (χ2n) is 7.21. The monoisotopic (exact) mass is 400 g/mol. The second-order valence-corrected chi connectivity index (χ2v) is 7.65. The van der Waals surface area contributed by atoms with E-state index in [-0.39, 0.29) is 18.2 Å². The lowest BCUT2D eigenvalue weighted by Crippen LogP contribution is -2.48. The van der Waals surface area contributed by atoms with E-state index in [0.29, 0.717) is 18.1 Å². The first-order chi connectivity index (χ1) is 13.3. The van der Waals surface area contributed by atoms with Crippen LogP contribution in [0.15, 0.2) is 42.5 Å². The van der Waals surface area contributed by atoms with E-state index in [1.807, 2.05) is 57.2 Å². The summed E-state index contributed by atoms with van der Waals surface area (Å²) in [7, 11) is 0. The normalized spacial score (nSPS) is 11.8. The van der Waals surface area contributed by atoms with Crippen LogP contribution in [0.4, 0.5) is 0 Å². The topological polar surface area (TPSA) is 49.4 Å². The van der Waals surface area contributed by atoms with Gasteiger partial charge in [-0.15, -0.1) is 0 Å². The van der Waals surface area contributed by atoms with Crippen molar-refractivity contribution in [2.24, 2.45) is 0 Å². The van der Waals surface area contributed by atoms with Crippen LogP contribution in [0, 0.1) is 13.8 Å². The van der Waals surface area contributed by atoms with Crippen molar-refractivity contribution in [3.63, 3.8) is 0 Å². The Hall–Kier alpha value is -2.33. The van der Waals surface area contributed by atoms with Crippen molar-refractivity contribution in [3.8, 4) is 0 Å². The summed E-state index contributed by atoms with van der Waals surface area (Å²) in [6.07, 6.45) is 1.11. The maximum absolute atomic E-state index is 13.1. The molecule has 0 heterocycles. The first kappa shape index (κ1) is 22.0. The van der Waals surface area contributed by atoms with Gasteiger partial charge in [0.1, 0.15) is 6.04 Å². The second kappa shape index (κ2) is 10.3. The summed E-state index contributed by atoms with van der Waals surface area (Å²) < 4.78 is 0. The molecule has 0 saturated heterocycles. The number of hydrogen-bond acceptors (Lipinski definition) is 2. The van der Waals surface area contributed by atoms with Crippen LogP contribution in [-0.4, -0.2) is 29.3 Å². The number of halogens is 1. The van der Waals surface area contributed by atoms with Gasteiger partial charge < -0.3 is 10.2 Å². The van der Waals surface area contributed by atoms with Gasteiger partial charge in [-0.05, 0) is 61.6 Å². The molecule has 0 bridgehead atoms. The first-order valence-corrected chi connectivity index (χ1v) is 10.1. The summed E-state index contributed by atoms with van der Waals surface area (Å²) in [6, 6.07) is 12.9. The number of nitrogens with zero attached hydrogens (tertiary/aromatic N) is 1. The average molecular weight is 401 g/mol. The van der Waals surface area contributed by atoms with Gasteiger partial charge in [0, 0.05) is 18.1 Å². The van der Waals surface area contributed by atoms with Crippen LogP contribution >= 0.6 is 11.6 Å². The summed E-state index contributed by atoms with van der Waals surface area (Å²) in [5.74, 6) is -0.223. The standard InChI is InChI=1S/C23H29ClN2O2/c1-5-11-25-23(28)18(4)26(15-20-7-6-8-21(24)13-20)22(27)14-19-10-9-16(2)17(3)12-19/h6-10,12-13,18H,5,11,14-15H2,1-4H3,(H,25,28). The Morgan fingerprint density at radius 2 is 1.82 bits per heavy atom. The molecule has 0 aliphatic heterocycles. The van der Waals surface area contributed by atoms with E-state index in [9.17, 15) is 9.59 Å². The molecule has 2 aromatic rings. The third-order valence-electron chi connectivity index (χ3n) is 4.89. The Morgan fingerprint density at radius 1 is 1.07 bits per heavy atom. The minimum atomic E-state index is -0.565. The number of benzene rings is 2. The lowest BCUT2D eigenvalue weighted by molar-refractivity contribution is -0.140. The maximum Gasteiger partial charge on any atom is 0.242 e. The molecular weight excluding hydrogens is 372 g/mol. The van der Waals surface area contributed by atoms with Crippen molar-refractivity contribution >= 4 is 23.4 Å². The van der Waals surface area contributed by atoms with Gasteiger partial charge in [-0.25, -0.2) is 0 Å². The molecule has 0 aliphatic carbocycles. The first-order valence-electron chi connectivity index (χ1n) is 9.69. The van der Waals surface area contributed by atoms with E-state index in [2.05, 4.69) is 5.32 Å². The van der Waals surface area contributed by atoms with Crippen LogP contribution in [0.1, 0.15) is 42.5 Å². The van der Waals surface area contributed by atoms with Gasteiger partial charge in [0.05, 0.1) is 6.42 Å². The molecule has 1 unspecified atom stereocenters. The van der Waals surface area contributed by atoms with Crippen molar-refractivity contribution < 1.29 is 9.59 Å². The van der Waals surface area contributed by atoms with Gasteiger partial charge in [-0.3, -0.25) is 9.59 Å². The largest absolute Gasteiger partial charge is 0.354 e. The Bertz CT molecular complexity index is 835. The lowest BCUT2D eigenvalue weighted by Gasteiger charge is -2.29. The molecule has 1 N–H and O–H groups in total. The van der Waals surface area contributed by atoms with Crippen molar-refractivity contribution in [1.82, 2.24) is 10.2 Å². The van der Waals surface area contributed by atoms with Crippen LogP contribution in [0.5, 0.6) is 0 Å². The zero-order valence-corrected chi connectivity index (χ0v) is 17.8. The van der Waals surface area contributed by atoms with E-state index >= 15 is 0 Å². The quantitative estimate of drug-likeness (QED) is 0.711. The summed E-state index contributed by atoms with van der Waals surface area (Å²) in [5.41, 5.74) is 4.20. The van der Waals surface area contributed by atoms with Crippen LogP contribution in [0.2, 0.25) is 5.02 Å². The molecule has 2 rings (SSSR count). The molecule has 28 heavy (non-hydrogen) atoms. The molecular formula is C23H29ClN2O2. The SMILES string of the molecule is CCCNC(=O)C(C)N(Cc1cccc(Cl)c1)C(=O)Cc1ccc(C)c(C)c1. The van der Waals surface area contributed by atoms with Gasteiger partial charge in [-0.2, -0.15) is 0 Å². The van der Waals surface area contributed by atoms with E-state index in [1.165, 1.54) is 5.56 Å². The minimum absolute atomic E-state index is 0.0811. The molecule has 0 aromatic heterocycles. The van der Waals surface area contributed by atoms with E-state index < -0.39 is 6.04 Å². The zero-order valence-electron chi connectivity index (χ0n) is 17.1. The third kappa shape index (κ3) is 6.10. The van der Waals surface area contributed by atoms with Crippen molar-refractivity contribution in [3.05, 3.63) is 69.7 Å². The predicted octanol–water partition coefficient (Wildman–Crippen LogP) is 4.44. The molecule has 5 heteroatoms. The van der Waals surface area contributed by atoms with Gasteiger partial charge >= 0.3 is 0 Å².